The van der Waals surface area contributed by atoms with Crippen molar-refractivity contribution in [1.82, 2.24) is 0 Å². The maximum Gasteiger partial charge on any atom is 0.340 e. The molecule has 0 bridgehead atoms. The molecule has 1 aliphatic rings. The van der Waals surface area contributed by atoms with Crippen LogP contribution in [0.4, 0.5) is 0 Å². The van der Waals surface area contributed by atoms with Gasteiger partial charge in [-0.15, -0.1) is 0 Å². The summed E-state index contributed by atoms with van der Waals surface area (Å²) in [5, 5.41) is 0. The molecule has 0 saturated heterocycles. The summed E-state index contributed by atoms with van der Waals surface area (Å²) in [6.45, 7) is 11.5. The Morgan fingerprint density at radius 3 is 2.00 bits per heavy atom. The molecule has 0 spiro atoms. The highest BCUT2D eigenvalue weighted by Gasteiger charge is 2.42. The highest BCUT2D eigenvalue weighted by molar-refractivity contribution is 7.90. The maximum absolute atomic E-state index is 12.6. The molecule has 2 aromatic rings. The van der Waals surface area contributed by atoms with Crippen LogP contribution in [-0.4, -0.2) is 26.2 Å². The second-order valence-corrected chi connectivity index (χ2v) is 9.28. The summed E-state index contributed by atoms with van der Waals surface area (Å²) < 4.78 is 29.3. The summed E-state index contributed by atoms with van der Waals surface area (Å²) in [6, 6.07) is 12.7. The van der Waals surface area contributed by atoms with Crippen LogP contribution in [0, 0.1) is 13.8 Å². The van der Waals surface area contributed by atoms with E-state index in [-0.39, 0.29) is 10.9 Å². The Balaban J connectivity index is 0.00000136. The van der Waals surface area contributed by atoms with Gasteiger partial charge in [0.1, 0.15) is 5.60 Å². The van der Waals surface area contributed by atoms with Crippen molar-refractivity contribution >= 4 is 27.0 Å². The van der Waals surface area contributed by atoms with Gasteiger partial charge in [-0.05, 0) is 56.5 Å². The van der Waals surface area contributed by atoms with Gasteiger partial charge < -0.3 is 4.74 Å². The van der Waals surface area contributed by atoms with E-state index >= 15 is 0 Å². The Kier molecular flexibility index (Phi) is 6.19. The first-order chi connectivity index (χ1) is 13.0. The van der Waals surface area contributed by atoms with Gasteiger partial charge in [-0.1, -0.05) is 49.7 Å². The zero-order chi connectivity index (χ0) is 21.3. The van der Waals surface area contributed by atoms with Crippen LogP contribution in [0.3, 0.4) is 0 Å². The number of esters is 1. The molecule has 0 unspecified atom stereocenters. The van der Waals surface area contributed by atoms with Crippen molar-refractivity contribution in [3.05, 3.63) is 64.7 Å². The lowest BCUT2D eigenvalue weighted by molar-refractivity contribution is -0.141. The van der Waals surface area contributed by atoms with Gasteiger partial charge in [-0.25, -0.2) is 13.2 Å². The first-order valence-corrected chi connectivity index (χ1v) is 11.3. The molecule has 28 heavy (non-hydrogen) atoms. The van der Waals surface area contributed by atoms with Crippen LogP contribution in [0.25, 0.3) is 11.1 Å². The minimum atomic E-state index is -3.29. The second-order valence-electron chi connectivity index (χ2n) is 7.26. The van der Waals surface area contributed by atoms with Crippen molar-refractivity contribution in [2.45, 2.75) is 52.0 Å². The molecule has 0 aromatic heterocycles. The lowest BCUT2D eigenvalue weighted by atomic mass is 9.85. The van der Waals surface area contributed by atoms with Crippen LogP contribution in [0.15, 0.2) is 47.4 Å². The van der Waals surface area contributed by atoms with E-state index in [4.69, 9.17) is 4.74 Å². The van der Waals surface area contributed by atoms with Gasteiger partial charge in [0.25, 0.3) is 0 Å². The first kappa shape index (κ1) is 21.9. The monoisotopic (exact) mass is 400 g/mol. The number of carbonyl (C=O) groups is 1. The van der Waals surface area contributed by atoms with Crippen LogP contribution >= 0.6 is 0 Å². The van der Waals surface area contributed by atoms with Gasteiger partial charge in [0.2, 0.25) is 0 Å². The highest BCUT2D eigenvalue weighted by Crippen LogP contribution is 2.44. The fourth-order valence-corrected chi connectivity index (χ4v) is 4.03. The van der Waals surface area contributed by atoms with Gasteiger partial charge in [0, 0.05) is 11.8 Å². The lowest BCUT2D eigenvalue weighted by Crippen LogP contribution is -2.22. The predicted molar refractivity (Wildman–Crippen MR) is 114 cm³/mol. The third-order valence-electron chi connectivity index (χ3n) is 4.64. The number of hydrogen-bond donors (Lipinski definition) is 0. The fourth-order valence-electron chi connectivity index (χ4n) is 3.33. The lowest BCUT2D eigenvalue weighted by Gasteiger charge is -2.23. The van der Waals surface area contributed by atoms with E-state index in [1.54, 1.807) is 18.2 Å². The molecule has 0 fully saturated rings. The van der Waals surface area contributed by atoms with Crippen LogP contribution in [0.1, 0.15) is 49.9 Å². The smallest absolute Gasteiger partial charge is 0.340 e. The normalized spacial score (nSPS) is 15.8. The van der Waals surface area contributed by atoms with Crippen LogP contribution < -0.4 is 0 Å². The molecule has 5 heteroatoms. The van der Waals surface area contributed by atoms with E-state index in [0.29, 0.717) is 5.57 Å². The van der Waals surface area contributed by atoms with Gasteiger partial charge in [0.05, 0.1) is 10.5 Å². The highest BCUT2D eigenvalue weighted by atomic mass is 32.2. The number of sulfone groups is 1. The SMILES string of the molecule is CC.Cc1ccc(C2=C(c3ccc(S(C)(=O)=O)cc3C)C(C)(C)OC2=O)cc1. The Morgan fingerprint density at radius 2 is 1.50 bits per heavy atom. The van der Waals surface area contributed by atoms with E-state index in [9.17, 15) is 13.2 Å². The van der Waals surface area contributed by atoms with Crippen LogP contribution in [-0.2, 0) is 19.4 Å². The van der Waals surface area contributed by atoms with Gasteiger partial charge >= 0.3 is 5.97 Å². The van der Waals surface area contributed by atoms with Crippen molar-refractivity contribution in [3.63, 3.8) is 0 Å². The van der Waals surface area contributed by atoms with Crippen LogP contribution in [0.5, 0.6) is 0 Å². The summed E-state index contributed by atoms with van der Waals surface area (Å²) in [6.07, 6.45) is 1.19. The molecule has 150 valence electrons. The quantitative estimate of drug-likeness (QED) is 0.682. The van der Waals surface area contributed by atoms with E-state index in [1.165, 1.54) is 6.26 Å². The molecule has 1 aliphatic heterocycles. The molecule has 2 aromatic carbocycles. The van der Waals surface area contributed by atoms with Gasteiger partial charge in [-0.2, -0.15) is 0 Å². The number of hydrogen-bond acceptors (Lipinski definition) is 4. The van der Waals surface area contributed by atoms with Crippen molar-refractivity contribution in [3.8, 4) is 0 Å². The third kappa shape index (κ3) is 4.20. The molecule has 0 atom stereocenters. The minimum Gasteiger partial charge on any atom is -0.451 e. The molecule has 3 rings (SSSR count). The molecule has 0 radical (unpaired) electrons. The van der Waals surface area contributed by atoms with E-state index < -0.39 is 15.4 Å². The minimum absolute atomic E-state index is 0.263. The Morgan fingerprint density at radius 1 is 0.929 bits per heavy atom. The molecule has 0 aliphatic carbocycles. The topological polar surface area (TPSA) is 60.4 Å². The van der Waals surface area contributed by atoms with Gasteiger partial charge in [0.15, 0.2) is 9.84 Å². The van der Waals surface area contributed by atoms with E-state index in [1.807, 2.05) is 65.8 Å². The summed E-state index contributed by atoms with van der Waals surface area (Å²) in [7, 11) is -3.29. The standard InChI is InChI=1S/C21H22O4S.C2H6/c1-13-6-8-15(9-7-13)18-19(21(3,4)25-20(18)22)17-11-10-16(12-14(17)2)26(5,23)24;1-2/h6-12H,1-5H3;1-2H3. The zero-order valence-corrected chi connectivity index (χ0v) is 18.4. The molecular weight excluding hydrogens is 372 g/mol. The van der Waals surface area contributed by atoms with Crippen molar-refractivity contribution in [2.75, 3.05) is 6.26 Å². The Hall–Kier alpha value is -2.40. The number of rotatable bonds is 3. The van der Waals surface area contributed by atoms with Crippen molar-refractivity contribution < 1.29 is 17.9 Å². The molecule has 1 heterocycles. The summed E-state index contributed by atoms with van der Waals surface area (Å²) in [5.41, 5.74) is 4.04. The van der Waals surface area contributed by atoms with Gasteiger partial charge in [-0.3, -0.25) is 0 Å². The molecule has 0 amide bonds. The predicted octanol–water partition coefficient (Wildman–Crippen LogP) is 4.98. The van der Waals surface area contributed by atoms with E-state index in [0.717, 1.165) is 27.8 Å². The second kappa shape index (κ2) is 7.92. The Labute approximate surface area is 168 Å². The average Bonchev–Trinajstić information content (AvgIpc) is 2.85. The molecule has 0 saturated carbocycles. The fraction of sp³-hybridized carbons (Fsp3) is 0.348. The summed E-state index contributed by atoms with van der Waals surface area (Å²) >= 11 is 0. The number of cyclic esters (lactones) is 1. The number of benzene rings is 2. The summed E-state index contributed by atoms with van der Waals surface area (Å²) in [4.78, 5) is 12.9. The molecular formula is C23H28O4S. The van der Waals surface area contributed by atoms with Crippen LogP contribution in [0.2, 0.25) is 0 Å². The third-order valence-corrected chi connectivity index (χ3v) is 5.75. The average molecular weight is 401 g/mol. The first-order valence-electron chi connectivity index (χ1n) is 9.37. The van der Waals surface area contributed by atoms with Crippen molar-refractivity contribution in [1.29, 1.82) is 0 Å². The number of ether oxygens (including phenoxy) is 1. The Bertz CT molecular complexity index is 1030. The molecule has 4 nitrogen and oxygen atoms in total. The number of carbonyl (C=O) groups excluding carboxylic acids is 1. The van der Waals surface area contributed by atoms with E-state index in [2.05, 4.69) is 0 Å². The maximum atomic E-state index is 12.6. The number of aryl methyl sites for hydroxylation is 2. The zero-order valence-electron chi connectivity index (χ0n) is 17.6. The largest absolute Gasteiger partial charge is 0.451 e. The molecule has 0 N–H and O–H groups in total. The van der Waals surface area contributed by atoms with Crippen molar-refractivity contribution in [2.24, 2.45) is 0 Å². The summed E-state index contributed by atoms with van der Waals surface area (Å²) in [5.74, 6) is -0.361.